The SMILES string of the molecule is CCc1c(C)nn(-c2ccc(CBr)cc2C(F)(F)F)c1C. The van der Waals surface area contributed by atoms with Crippen molar-refractivity contribution >= 4 is 15.9 Å². The molecule has 1 aromatic carbocycles. The summed E-state index contributed by atoms with van der Waals surface area (Å²) in [5, 5.41) is 4.67. The molecule has 0 radical (unpaired) electrons. The van der Waals surface area contributed by atoms with Crippen LogP contribution < -0.4 is 0 Å². The van der Waals surface area contributed by atoms with Gasteiger partial charge in [0.05, 0.1) is 16.9 Å². The number of nitrogens with zero attached hydrogens (tertiary/aromatic N) is 2. The van der Waals surface area contributed by atoms with Gasteiger partial charge in [-0.3, -0.25) is 0 Å². The minimum absolute atomic E-state index is 0.0764. The van der Waals surface area contributed by atoms with Crippen molar-refractivity contribution in [1.82, 2.24) is 9.78 Å². The molecule has 114 valence electrons. The second-order valence-electron chi connectivity index (χ2n) is 4.90. The maximum Gasteiger partial charge on any atom is 0.418 e. The van der Waals surface area contributed by atoms with Crippen molar-refractivity contribution in [3.8, 4) is 5.69 Å². The molecule has 1 heterocycles. The van der Waals surface area contributed by atoms with Gasteiger partial charge >= 0.3 is 6.18 Å². The fourth-order valence-electron chi connectivity index (χ4n) is 2.50. The van der Waals surface area contributed by atoms with Gasteiger partial charge in [-0.05, 0) is 43.5 Å². The van der Waals surface area contributed by atoms with E-state index < -0.39 is 11.7 Å². The molecular formula is C15H16BrF3N2. The van der Waals surface area contributed by atoms with Crippen LogP contribution in [0.25, 0.3) is 5.69 Å². The summed E-state index contributed by atoms with van der Waals surface area (Å²) in [6.45, 7) is 5.60. The zero-order valence-electron chi connectivity index (χ0n) is 12.1. The second-order valence-corrected chi connectivity index (χ2v) is 5.46. The molecule has 0 atom stereocenters. The monoisotopic (exact) mass is 360 g/mol. The molecule has 0 bridgehead atoms. The van der Waals surface area contributed by atoms with Crippen LogP contribution in [0.15, 0.2) is 18.2 Å². The van der Waals surface area contributed by atoms with Crippen LogP contribution in [0.4, 0.5) is 13.2 Å². The number of alkyl halides is 4. The standard InChI is InChI=1S/C15H16BrF3N2/c1-4-12-9(2)20-21(10(12)3)14-6-5-11(8-16)7-13(14)15(17,18)19/h5-7H,4,8H2,1-3H3. The Morgan fingerprint density at radius 2 is 1.90 bits per heavy atom. The summed E-state index contributed by atoms with van der Waals surface area (Å²) in [4.78, 5) is 0. The molecule has 21 heavy (non-hydrogen) atoms. The van der Waals surface area contributed by atoms with Crippen LogP contribution in [0.1, 0.15) is 35.0 Å². The zero-order valence-corrected chi connectivity index (χ0v) is 13.6. The topological polar surface area (TPSA) is 17.8 Å². The summed E-state index contributed by atoms with van der Waals surface area (Å²) >= 11 is 3.19. The molecule has 0 aliphatic heterocycles. The Bertz CT molecular complexity index is 660. The van der Waals surface area contributed by atoms with Crippen LogP contribution in [0, 0.1) is 13.8 Å². The third-order valence-corrected chi connectivity index (χ3v) is 4.19. The summed E-state index contributed by atoms with van der Waals surface area (Å²) in [5.41, 5.74) is 2.52. The average Bonchev–Trinajstić information content (AvgIpc) is 2.71. The largest absolute Gasteiger partial charge is 0.418 e. The Kier molecular flexibility index (Phi) is 4.46. The number of hydrogen-bond donors (Lipinski definition) is 0. The maximum absolute atomic E-state index is 13.3. The molecule has 0 saturated carbocycles. The Hall–Kier alpha value is -1.30. The van der Waals surface area contributed by atoms with Gasteiger partial charge in [0.1, 0.15) is 0 Å². The summed E-state index contributed by atoms with van der Waals surface area (Å²) in [6.07, 6.45) is -3.66. The van der Waals surface area contributed by atoms with E-state index in [0.29, 0.717) is 10.9 Å². The molecule has 6 heteroatoms. The lowest BCUT2D eigenvalue weighted by atomic mass is 10.1. The summed E-state index contributed by atoms with van der Waals surface area (Å²) in [6, 6.07) is 4.34. The Labute approximate surface area is 130 Å². The van der Waals surface area contributed by atoms with Crippen LogP contribution in [-0.2, 0) is 17.9 Å². The highest BCUT2D eigenvalue weighted by Gasteiger charge is 2.35. The Morgan fingerprint density at radius 1 is 1.24 bits per heavy atom. The van der Waals surface area contributed by atoms with Gasteiger partial charge in [0.25, 0.3) is 0 Å². The molecule has 0 saturated heterocycles. The predicted molar refractivity (Wildman–Crippen MR) is 80.0 cm³/mol. The van der Waals surface area contributed by atoms with Gasteiger partial charge in [0.15, 0.2) is 0 Å². The second kappa shape index (κ2) is 5.83. The highest BCUT2D eigenvalue weighted by atomic mass is 79.9. The fourth-order valence-corrected chi connectivity index (χ4v) is 2.85. The lowest BCUT2D eigenvalue weighted by Crippen LogP contribution is -2.13. The molecule has 0 spiro atoms. The first-order valence-corrected chi connectivity index (χ1v) is 7.73. The van der Waals surface area contributed by atoms with Crippen LogP contribution in [0.3, 0.4) is 0 Å². The number of aryl methyl sites for hydroxylation is 1. The van der Waals surface area contributed by atoms with E-state index in [2.05, 4.69) is 21.0 Å². The van der Waals surface area contributed by atoms with Crippen LogP contribution in [0.5, 0.6) is 0 Å². The highest BCUT2D eigenvalue weighted by molar-refractivity contribution is 9.08. The fraction of sp³-hybridized carbons (Fsp3) is 0.400. The van der Waals surface area contributed by atoms with Crippen LogP contribution >= 0.6 is 15.9 Å². The van der Waals surface area contributed by atoms with Gasteiger partial charge in [-0.2, -0.15) is 18.3 Å². The Balaban J connectivity index is 2.69. The van der Waals surface area contributed by atoms with E-state index in [1.54, 1.807) is 13.0 Å². The van der Waals surface area contributed by atoms with Gasteiger partial charge < -0.3 is 0 Å². The van der Waals surface area contributed by atoms with Gasteiger partial charge in [-0.1, -0.05) is 28.9 Å². The zero-order chi connectivity index (χ0) is 15.8. The van der Waals surface area contributed by atoms with E-state index in [1.807, 2.05) is 13.8 Å². The van der Waals surface area contributed by atoms with E-state index in [9.17, 15) is 13.2 Å². The van der Waals surface area contributed by atoms with E-state index in [1.165, 1.54) is 16.8 Å². The molecule has 0 amide bonds. The molecule has 0 aliphatic rings. The van der Waals surface area contributed by atoms with Crippen molar-refractivity contribution < 1.29 is 13.2 Å². The normalized spacial score (nSPS) is 12.0. The molecule has 1 aromatic heterocycles. The van der Waals surface area contributed by atoms with Crippen molar-refractivity contribution in [2.24, 2.45) is 0 Å². The number of benzene rings is 1. The number of halogens is 4. The molecule has 0 unspecified atom stereocenters. The number of rotatable bonds is 3. The van der Waals surface area contributed by atoms with Crippen molar-refractivity contribution in [2.45, 2.75) is 38.7 Å². The highest BCUT2D eigenvalue weighted by Crippen LogP contribution is 2.35. The predicted octanol–water partition coefficient (Wildman–Crippen LogP) is 4.97. The van der Waals surface area contributed by atoms with Gasteiger partial charge in [0, 0.05) is 11.0 Å². The number of hydrogen-bond acceptors (Lipinski definition) is 1. The van der Waals surface area contributed by atoms with Crippen LogP contribution in [-0.4, -0.2) is 9.78 Å². The summed E-state index contributed by atoms with van der Waals surface area (Å²) in [5.74, 6) is 0. The van der Waals surface area contributed by atoms with Crippen molar-refractivity contribution in [3.63, 3.8) is 0 Å². The van der Waals surface area contributed by atoms with Crippen molar-refractivity contribution in [3.05, 3.63) is 46.3 Å². The smallest absolute Gasteiger partial charge is 0.237 e. The minimum atomic E-state index is -4.41. The lowest BCUT2D eigenvalue weighted by Gasteiger charge is -2.15. The van der Waals surface area contributed by atoms with E-state index in [-0.39, 0.29) is 5.69 Å². The third-order valence-electron chi connectivity index (χ3n) is 3.54. The van der Waals surface area contributed by atoms with E-state index in [0.717, 1.165) is 23.4 Å². The first kappa shape index (κ1) is 16.1. The summed E-state index contributed by atoms with van der Waals surface area (Å²) < 4.78 is 41.3. The molecule has 0 N–H and O–H groups in total. The molecule has 2 aromatic rings. The van der Waals surface area contributed by atoms with Gasteiger partial charge in [0.2, 0.25) is 0 Å². The molecule has 0 aliphatic carbocycles. The molecule has 0 fully saturated rings. The van der Waals surface area contributed by atoms with Gasteiger partial charge in [-0.15, -0.1) is 0 Å². The number of aromatic nitrogens is 2. The average molecular weight is 361 g/mol. The van der Waals surface area contributed by atoms with E-state index in [4.69, 9.17) is 0 Å². The van der Waals surface area contributed by atoms with E-state index >= 15 is 0 Å². The molecular weight excluding hydrogens is 345 g/mol. The third kappa shape index (κ3) is 3.00. The lowest BCUT2D eigenvalue weighted by molar-refractivity contribution is -0.137. The minimum Gasteiger partial charge on any atom is -0.237 e. The quantitative estimate of drug-likeness (QED) is 0.707. The maximum atomic E-state index is 13.3. The van der Waals surface area contributed by atoms with Gasteiger partial charge in [-0.25, -0.2) is 4.68 Å². The first-order valence-electron chi connectivity index (χ1n) is 6.61. The van der Waals surface area contributed by atoms with Crippen molar-refractivity contribution in [1.29, 1.82) is 0 Å². The Morgan fingerprint density at radius 3 is 2.38 bits per heavy atom. The van der Waals surface area contributed by atoms with Crippen molar-refractivity contribution in [2.75, 3.05) is 0 Å². The molecule has 2 nitrogen and oxygen atoms in total. The first-order chi connectivity index (χ1) is 9.79. The molecule has 2 rings (SSSR count). The summed E-state index contributed by atoms with van der Waals surface area (Å²) in [7, 11) is 0. The van der Waals surface area contributed by atoms with Crippen LogP contribution in [0.2, 0.25) is 0 Å².